The molecule has 0 amide bonds. The molecule has 0 fully saturated rings. The van der Waals surface area contributed by atoms with Gasteiger partial charge in [0.25, 0.3) is 0 Å². The molecule has 0 aliphatic carbocycles. The summed E-state index contributed by atoms with van der Waals surface area (Å²) in [7, 11) is 0. The van der Waals surface area contributed by atoms with Crippen LogP contribution >= 0.6 is 11.8 Å². The van der Waals surface area contributed by atoms with Crippen LogP contribution in [0.3, 0.4) is 0 Å². The Balaban J connectivity index is 2.24. The lowest BCUT2D eigenvalue weighted by Gasteiger charge is -2.03. The van der Waals surface area contributed by atoms with Crippen LogP contribution in [0, 0.1) is 5.82 Å². The van der Waals surface area contributed by atoms with Gasteiger partial charge in [-0.15, -0.1) is 0 Å². The third-order valence-corrected chi connectivity index (χ3v) is 2.87. The summed E-state index contributed by atoms with van der Waals surface area (Å²) in [5.41, 5.74) is 6.25. The summed E-state index contributed by atoms with van der Waals surface area (Å²) in [5, 5.41) is 0.781. The molecule has 0 unspecified atom stereocenters. The number of benzene rings is 1. The molecule has 2 aromatic rings. The van der Waals surface area contributed by atoms with Crippen molar-refractivity contribution >= 4 is 11.8 Å². The van der Waals surface area contributed by atoms with Gasteiger partial charge in [0.05, 0.1) is 0 Å². The van der Waals surface area contributed by atoms with E-state index in [9.17, 15) is 4.39 Å². The maximum atomic E-state index is 13.2. The van der Waals surface area contributed by atoms with Crippen molar-refractivity contribution in [3.63, 3.8) is 0 Å². The Morgan fingerprint density at radius 3 is 2.88 bits per heavy atom. The summed E-state index contributed by atoms with van der Waals surface area (Å²) in [6, 6.07) is 6.53. The molecule has 0 aliphatic rings. The van der Waals surface area contributed by atoms with Crippen LogP contribution in [0.2, 0.25) is 0 Å². The number of aromatic nitrogens is 2. The van der Waals surface area contributed by atoms with Crippen molar-refractivity contribution in [2.45, 2.75) is 16.5 Å². The van der Waals surface area contributed by atoms with Gasteiger partial charge in [-0.3, -0.25) is 0 Å². The second-order valence-corrected chi connectivity index (χ2v) is 4.24. The molecule has 16 heavy (non-hydrogen) atoms. The summed E-state index contributed by atoms with van der Waals surface area (Å²) < 4.78 is 13.2. The van der Waals surface area contributed by atoms with E-state index in [2.05, 4.69) is 9.97 Å². The fourth-order valence-corrected chi connectivity index (χ4v) is 2.11. The van der Waals surface area contributed by atoms with Gasteiger partial charge in [0.1, 0.15) is 17.2 Å². The Bertz CT molecular complexity index is 476. The normalized spacial score (nSPS) is 10.4. The Hall–Kier alpha value is -1.46. The molecule has 1 aromatic carbocycles. The zero-order valence-electron chi connectivity index (χ0n) is 8.43. The SMILES string of the molecule is NCc1cc(F)cc(Sc2ccncn2)c1. The van der Waals surface area contributed by atoms with Crippen LogP contribution in [0.15, 0.2) is 46.7 Å². The zero-order valence-corrected chi connectivity index (χ0v) is 9.25. The lowest BCUT2D eigenvalue weighted by atomic mass is 10.2. The van der Waals surface area contributed by atoms with Gasteiger partial charge in [-0.05, 0) is 29.8 Å². The van der Waals surface area contributed by atoms with Gasteiger partial charge in [0, 0.05) is 17.6 Å². The molecule has 0 radical (unpaired) electrons. The van der Waals surface area contributed by atoms with Gasteiger partial charge in [0.15, 0.2) is 0 Å². The maximum absolute atomic E-state index is 13.2. The van der Waals surface area contributed by atoms with Crippen LogP contribution < -0.4 is 5.73 Å². The lowest BCUT2D eigenvalue weighted by Crippen LogP contribution is -1.97. The van der Waals surface area contributed by atoms with E-state index in [4.69, 9.17) is 5.73 Å². The first-order valence-corrected chi connectivity index (χ1v) is 5.53. The quantitative estimate of drug-likeness (QED) is 0.829. The molecular weight excluding hydrogens is 225 g/mol. The Labute approximate surface area is 96.9 Å². The molecule has 1 aromatic heterocycles. The average molecular weight is 235 g/mol. The van der Waals surface area contributed by atoms with Crippen molar-refractivity contribution in [1.29, 1.82) is 0 Å². The van der Waals surface area contributed by atoms with Crippen molar-refractivity contribution in [3.8, 4) is 0 Å². The fraction of sp³-hybridized carbons (Fsp3) is 0.0909. The van der Waals surface area contributed by atoms with Crippen molar-refractivity contribution < 1.29 is 4.39 Å². The minimum atomic E-state index is -0.278. The number of nitrogens with two attached hydrogens (primary N) is 1. The van der Waals surface area contributed by atoms with E-state index in [0.29, 0.717) is 6.54 Å². The van der Waals surface area contributed by atoms with E-state index >= 15 is 0 Å². The highest BCUT2D eigenvalue weighted by Gasteiger charge is 2.02. The van der Waals surface area contributed by atoms with Crippen LogP contribution in [-0.4, -0.2) is 9.97 Å². The minimum absolute atomic E-state index is 0.278. The highest BCUT2D eigenvalue weighted by Crippen LogP contribution is 2.26. The monoisotopic (exact) mass is 235 g/mol. The van der Waals surface area contributed by atoms with Crippen molar-refractivity contribution in [3.05, 3.63) is 48.2 Å². The number of hydrogen-bond donors (Lipinski definition) is 1. The molecule has 0 atom stereocenters. The van der Waals surface area contributed by atoms with E-state index in [-0.39, 0.29) is 5.82 Å². The second kappa shape index (κ2) is 5.05. The van der Waals surface area contributed by atoms with Gasteiger partial charge in [-0.2, -0.15) is 0 Å². The van der Waals surface area contributed by atoms with Crippen molar-refractivity contribution in [2.75, 3.05) is 0 Å². The maximum Gasteiger partial charge on any atom is 0.124 e. The molecule has 0 saturated heterocycles. The Morgan fingerprint density at radius 1 is 1.31 bits per heavy atom. The van der Waals surface area contributed by atoms with E-state index < -0.39 is 0 Å². The first kappa shape index (κ1) is 11.0. The summed E-state index contributed by atoms with van der Waals surface area (Å²) in [6.45, 7) is 0.328. The zero-order chi connectivity index (χ0) is 11.4. The third kappa shape index (κ3) is 2.77. The predicted octanol–water partition coefficient (Wildman–Crippen LogP) is 2.23. The number of rotatable bonds is 3. The number of halogens is 1. The first-order valence-electron chi connectivity index (χ1n) is 4.71. The van der Waals surface area contributed by atoms with Crippen LogP contribution in [0.5, 0.6) is 0 Å². The third-order valence-electron chi connectivity index (χ3n) is 1.94. The molecular formula is C11H10FN3S. The van der Waals surface area contributed by atoms with E-state index in [1.54, 1.807) is 12.3 Å². The fourth-order valence-electron chi connectivity index (χ4n) is 1.26. The van der Waals surface area contributed by atoms with Crippen molar-refractivity contribution in [1.82, 2.24) is 9.97 Å². The largest absolute Gasteiger partial charge is 0.326 e. The van der Waals surface area contributed by atoms with Crippen LogP contribution in [-0.2, 0) is 6.54 Å². The van der Waals surface area contributed by atoms with Crippen LogP contribution in [0.25, 0.3) is 0 Å². The van der Waals surface area contributed by atoms with Crippen molar-refractivity contribution in [2.24, 2.45) is 5.73 Å². The van der Waals surface area contributed by atoms with Gasteiger partial charge in [0.2, 0.25) is 0 Å². The Morgan fingerprint density at radius 2 is 2.19 bits per heavy atom. The van der Waals surface area contributed by atoms with E-state index in [1.807, 2.05) is 6.07 Å². The summed E-state index contributed by atoms with van der Waals surface area (Å²) in [4.78, 5) is 8.67. The molecule has 0 saturated carbocycles. The number of nitrogens with zero attached hydrogens (tertiary/aromatic N) is 2. The van der Waals surface area contributed by atoms with E-state index in [1.165, 1.54) is 30.2 Å². The lowest BCUT2D eigenvalue weighted by molar-refractivity contribution is 0.621. The minimum Gasteiger partial charge on any atom is -0.326 e. The highest BCUT2D eigenvalue weighted by molar-refractivity contribution is 7.99. The van der Waals surface area contributed by atoms with Crippen LogP contribution in [0.4, 0.5) is 4.39 Å². The molecule has 5 heteroatoms. The smallest absolute Gasteiger partial charge is 0.124 e. The molecule has 0 spiro atoms. The summed E-state index contributed by atoms with van der Waals surface area (Å²) in [5.74, 6) is -0.278. The molecule has 2 N–H and O–H groups in total. The Kier molecular flexibility index (Phi) is 3.48. The first-order chi connectivity index (χ1) is 7.78. The number of hydrogen-bond acceptors (Lipinski definition) is 4. The molecule has 1 heterocycles. The van der Waals surface area contributed by atoms with Gasteiger partial charge < -0.3 is 5.73 Å². The molecule has 2 rings (SSSR count). The topological polar surface area (TPSA) is 51.8 Å². The predicted molar refractivity (Wildman–Crippen MR) is 60.4 cm³/mol. The van der Waals surface area contributed by atoms with Gasteiger partial charge >= 0.3 is 0 Å². The highest BCUT2D eigenvalue weighted by atomic mass is 32.2. The van der Waals surface area contributed by atoms with Gasteiger partial charge in [-0.25, -0.2) is 14.4 Å². The molecule has 0 aliphatic heterocycles. The molecule has 82 valence electrons. The molecule has 3 nitrogen and oxygen atoms in total. The average Bonchev–Trinajstić information content (AvgIpc) is 2.29. The second-order valence-electron chi connectivity index (χ2n) is 3.15. The summed E-state index contributed by atoms with van der Waals surface area (Å²) in [6.07, 6.45) is 3.12. The van der Waals surface area contributed by atoms with E-state index in [0.717, 1.165) is 15.5 Å². The van der Waals surface area contributed by atoms with Crippen LogP contribution in [0.1, 0.15) is 5.56 Å². The molecule has 0 bridgehead atoms. The standard InChI is InChI=1S/C11H10FN3S/c12-9-3-8(6-13)4-10(5-9)16-11-1-2-14-7-15-11/h1-5,7H,6,13H2. The summed E-state index contributed by atoms with van der Waals surface area (Å²) >= 11 is 1.38. The van der Waals surface area contributed by atoms with Gasteiger partial charge in [-0.1, -0.05) is 11.8 Å².